The number of hydrogen-bond donors (Lipinski definition) is 1. The number of pyridine rings is 1. The van der Waals surface area contributed by atoms with Gasteiger partial charge in [0.05, 0.1) is 5.56 Å². The topological polar surface area (TPSA) is 70.5 Å². The fourth-order valence-corrected chi connectivity index (χ4v) is 4.47. The molecule has 1 aliphatic rings. The van der Waals surface area contributed by atoms with E-state index in [1.807, 2.05) is 43.4 Å². The van der Waals surface area contributed by atoms with Crippen LogP contribution in [0.4, 0.5) is 5.69 Å². The van der Waals surface area contributed by atoms with Gasteiger partial charge in [-0.3, -0.25) is 9.78 Å². The fourth-order valence-electron chi connectivity index (χ4n) is 4.47. The number of benzene rings is 2. The molecule has 4 rings (SSSR count). The molecule has 5 nitrogen and oxygen atoms in total. The Balaban J connectivity index is 1.51. The van der Waals surface area contributed by atoms with Gasteiger partial charge in [0.15, 0.2) is 0 Å². The van der Waals surface area contributed by atoms with Gasteiger partial charge in [-0.25, -0.2) is 4.79 Å². The second-order valence-corrected chi connectivity index (χ2v) is 8.08. The van der Waals surface area contributed by atoms with Crippen LogP contribution >= 0.6 is 0 Å². The number of carboxylic acids is 1. The summed E-state index contributed by atoms with van der Waals surface area (Å²) in [5, 5.41) is 9.41. The van der Waals surface area contributed by atoms with Gasteiger partial charge in [-0.15, -0.1) is 0 Å². The Morgan fingerprint density at radius 1 is 1.13 bits per heavy atom. The van der Waals surface area contributed by atoms with E-state index >= 15 is 0 Å². The lowest BCUT2D eigenvalue weighted by atomic mass is 9.79. The molecule has 0 unspecified atom stereocenters. The molecule has 3 aromatic rings. The van der Waals surface area contributed by atoms with Gasteiger partial charge in [-0.05, 0) is 85.0 Å². The number of nitrogens with zero attached hydrogens (tertiary/aromatic N) is 2. The van der Waals surface area contributed by atoms with Gasteiger partial charge in [0.1, 0.15) is 0 Å². The van der Waals surface area contributed by atoms with E-state index in [-0.39, 0.29) is 5.91 Å². The summed E-state index contributed by atoms with van der Waals surface area (Å²) in [5.41, 5.74) is 5.29. The van der Waals surface area contributed by atoms with Crippen LogP contribution in [-0.4, -0.2) is 29.0 Å². The summed E-state index contributed by atoms with van der Waals surface area (Å²) in [7, 11) is 1.81. The van der Waals surface area contributed by atoms with Crippen LogP contribution in [0.15, 0.2) is 67.0 Å². The van der Waals surface area contributed by atoms with Gasteiger partial charge < -0.3 is 10.0 Å². The molecule has 0 spiro atoms. The van der Waals surface area contributed by atoms with Crippen molar-refractivity contribution < 1.29 is 14.7 Å². The molecule has 0 aliphatic heterocycles. The SMILES string of the molecule is CN(C(=O)c1ccccc1)c1ccc2c(c1)CCC[C@H]2CCc1cnccc1C(=O)O. The third kappa shape index (κ3) is 4.50. The van der Waals surface area contributed by atoms with E-state index in [9.17, 15) is 14.7 Å². The molecule has 0 bridgehead atoms. The highest BCUT2D eigenvalue weighted by molar-refractivity contribution is 6.05. The highest BCUT2D eigenvalue weighted by Crippen LogP contribution is 2.37. The Morgan fingerprint density at radius 2 is 1.94 bits per heavy atom. The van der Waals surface area contributed by atoms with Crippen LogP contribution in [0, 0.1) is 0 Å². The maximum Gasteiger partial charge on any atom is 0.336 e. The lowest BCUT2D eigenvalue weighted by molar-refractivity contribution is 0.0695. The molecule has 1 amide bonds. The number of carbonyl (C=O) groups excluding carboxylic acids is 1. The number of carboxylic acid groups (broad SMARTS) is 1. The lowest BCUT2D eigenvalue weighted by Gasteiger charge is -2.28. The maximum atomic E-state index is 12.8. The maximum absolute atomic E-state index is 12.8. The van der Waals surface area contributed by atoms with Crippen molar-refractivity contribution in [2.24, 2.45) is 0 Å². The van der Waals surface area contributed by atoms with Gasteiger partial charge in [-0.1, -0.05) is 24.3 Å². The summed E-state index contributed by atoms with van der Waals surface area (Å²) in [4.78, 5) is 30.1. The molecule has 0 radical (unpaired) electrons. The Labute approximate surface area is 182 Å². The molecule has 2 aromatic carbocycles. The largest absolute Gasteiger partial charge is 0.478 e. The Hall–Kier alpha value is -3.47. The van der Waals surface area contributed by atoms with Gasteiger partial charge in [0, 0.05) is 30.7 Å². The minimum absolute atomic E-state index is 0.0225. The zero-order chi connectivity index (χ0) is 21.8. The molecule has 1 aliphatic carbocycles. The van der Waals surface area contributed by atoms with Crippen molar-refractivity contribution in [1.29, 1.82) is 0 Å². The summed E-state index contributed by atoms with van der Waals surface area (Å²) in [6.07, 6.45) is 7.95. The van der Waals surface area contributed by atoms with Crippen LogP contribution in [-0.2, 0) is 12.8 Å². The number of fused-ring (bicyclic) bond motifs is 1. The lowest BCUT2D eigenvalue weighted by Crippen LogP contribution is -2.26. The molecule has 0 saturated carbocycles. The molecule has 1 N–H and O–H groups in total. The number of anilines is 1. The zero-order valence-corrected chi connectivity index (χ0v) is 17.6. The summed E-state index contributed by atoms with van der Waals surface area (Å²) in [6.45, 7) is 0. The zero-order valence-electron chi connectivity index (χ0n) is 17.6. The number of aromatic carboxylic acids is 1. The van der Waals surface area contributed by atoms with Crippen molar-refractivity contribution in [3.05, 3.63) is 94.8 Å². The van der Waals surface area contributed by atoms with Crippen LogP contribution in [0.25, 0.3) is 0 Å². The van der Waals surface area contributed by atoms with E-state index in [4.69, 9.17) is 0 Å². The van der Waals surface area contributed by atoms with Crippen LogP contribution in [0.3, 0.4) is 0 Å². The second kappa shape index (κ2) is 9.13. The van der Waals surface area contributed by atoms with Gasteiger partial charge in [0.25, 0.3) is 5.91 Å². The number of rotatable bonds is 6. The second-order valence-electron chi connectivity index (χ2n) is 8.08. The van der Waals surface area contributed by atoms with Crippen LogP contribution in [0.2, 0.25) is 0 Å². The summed E-state index contributed by atoms with van der Waals surface area (Å²) in [6, 6.07) is 17.2. The molecule has 158 valence electrons. The van der Waals surface area contributed by atoms with E-state index in [0.29, 0.717) is 23.5 Å². The first kappa shape index (κ1) is 20.8. The van der Waals surface area contributed by atoms with E-state index in [0.717, 1.165) is 36.9 Å². The minimum atomic E-state index is -0.905. The number of aryl methyl sites for hydroxylation is 2. The average molecular weight is 415 g/mol. The normalized spacial score (nSPS) is 15.2. The molecular formula is C26H26N2O3. The van der Waals surface area contributed by atoms with Crippen LogP contribution in [0.5, 0.6) is 0 Å². The number of carbonyl (C=O) groups is 2. The van der Waals surface area contributed by atoms with E-state index < -0.39 is 5.97 Å². The average Bonchev–Trinajstić information content (AvgIpc) is 2.82. The Bertz CT molecular complexity index is 1090. The fraction of sp³-hybridized carbons (Fsp3) is 0.269. The van der Waals surface area contributed by atoms with Crippen molar-refractivity contribution in [1.82, 2.24) is 4.98 Å². The van der Waals surface area contributed by atoms with Gasteiger partial charge in [0.2, 0.25) is 0 Å². The summed E-state index contributed by atoms with van der Waals surface area (Å²) in [5.74, 6) is -0.544. The third-order valence-corrected chi connectivity index (χ3v) is 6.17. The first-order chi connectivity index (χ1) is 15.0. The summed E-state index contributed by atoms with van der Waals surface area (Å²) < 4.78 is 0. The molecule has 1 aromatic heterocycles. The summed E-state index contributed by atoms with van der Waals surface area (Å²) >= 11 is 0. The van der Waals surface area contributed by atoms with Crippen LogP contribution < -0.4 is 4.90 Å². The van der Waals surface area contributed by atoms with E-state index in [1.165, 1.54) is 17.3 Å². The molecule has 5 heteroatoms. The van der Waals surface area contributed by atoms with Crippen molar-refractivity contribution in [2.45, 2.75) is 38.0 Å². The van der Waals surface area contributed by atoms with Crippen LogP contribution in [0.1, 0.15) is 62.6 Å². The number of aromatic nitrogens is 1. The number of amides is 1. The number of hydrogen-bond acceptors (Lipinski definition) is 3. The van der Waals surface area contributed by atoms with Gasteiger partial charge >= 0.3 is 5.97 Å². The molecule has 0 fully saturated rings. The minimum Gasteiger partial charge on any atom is -0.478 e. The highest BCUT2D eigenvalue weighted by atomic mass is 16.4. The molecule has 0 saturated heterocycles. The van der Waals surface area contributed by atoms with E-state index in [2.05, 4.69) is 17.1 Å². The monoisotopic (exact) mass is 414 g/mol. The van der Waals surface area contributed by atoms with Crippen molar-refractivity contribution in [3.63, 3.8) is 0 Å². The predicted molar refractivity (Wildman–Crippen MR) is 121 cm³/mol. The molecule has 1 atom stereocenters. The highest BCUT2D eigenvalue weighted by Gasteiger charge is 2.23. The third-order valence-electron chi connectivity index (χ3n) is 6.17. The molecular weight excluding hydrogens is 388 g/mol. The van der Waals surface area contributed by atoms with Crippen molar-refractivity contribution >= 4 is 17.6 Å². The predicted octanol–water partition coefficient (Wildman–Crippen LogP) is 5.11. The van der Waals surface area contributed by atoms with Crippen molar-refractivity contribution in [3.8, 4) is 0 Å². The van der Waals surface area contributed by atoms with Gasteiger partial charge in [-0.2, -0.15) is 0 Å². The Morgan fingerprint density at radius 3 is 2.71 bits per heavy atom. The first-order valence-electron chi connectivity index (χ1n) is 10.7. The molecule has 31 heavy (non-hydrogen) atoms. The van der Waals surface area contributed by atoms with Crippen molar-refractivity contribution in [2.75, 3.05) is 11.9 Å². The first-order valence-corrected chi connectivity index (χ1v) is 10.7. The Kier molecular flexibility index (Phi) is 6.12. The molecule has 1 heterocycles. The quantitative estimate of drug-likeness (QED) is 0.609. The standard InChI is InChI=1S/C26H26N2O3/c1-28(25(29)19-6-3-2-4-7-19)22-12-13-23-18(8-5-9-20(23)16-22)10-11-21-17-27-15-14-24(21)26(30)31/h2-4,6-7,12-18H,5,8-11H2,1H3,(H,30,31)/t18-/m0/s1. The smallest absolute Gasteiger partial charge is 0.336 e. The van der Waals surface area contributed by atoms with E-state index in [1.54, 1.807) is 17.2 Å².